The second-order valence-corrected chi connectivity index (χ2v) is 3.07. The first-order valence-electron chi connectivity index (χ1n) is 4.19. The molecule has 1 fully saturated rings. The highest BCUT2D eigenvalue weighted by molar-refractivity contribution is 6.45. The van der Waals surface area contributed by atoms with E-state index in [2.05, 4.69) is 11.7 Å². The first kappa shape index (κ1) is 8.09. The lowest BCUT2D eigenvalue weighted by atomic mass is 9.84. The van der Waals surface area contributed by atoms with Gasteiger partial charge in [-0.3, -0.25) is 0 Å². The zero-order chi connectivity index (χ0) is 7.56. The summed E-state index contributed by atoms with van der Waals surface area (Å²) in [6.45, 7) is 5.12. The average Bonchev–Trinajstić information content (AvgIpc) is 2.33. The lowest BCUT2D eigenvalue weighted by Gasteiger charge is -2.23. The van der Waals surface area contributed by atoms with Crippen molar-refractivity contribution >= 4 is 7.05 Å². The monoisotopic (exact) mass is 141 g/mol. The Kier molecular flexibility index (Phi) is 2.75. The van der Waals surface area contributed by atoms with Gasteiger partial charge in [0.2, 0.25) is 0 Å². The molecule has 0 aromatic carbocycles. The second kappa shape index (κ2) is 3.40. The van der Waals surface area contributed by atoms with Gasteiger partial charge in [0.15, 0.2) is 0 Å². The van der Waals surface area contributed by atoms with Gasteiger partial charge in [-0.1, -0.05) is 6.92 Å². The van der Waals surface area contributed by atoms with Crippen molar-refractivity contribution in [3.05, 3.63) is 0 Å². The van der Waals surface area contributed by atoms with Crippen molar-refractivity contribution in [2.45, 2.75) is 39.1 Å². The normalized spacial score (nSPS) is 27.3. The van der Waals surface area contributed by atoms with E-state index in [1.165, 1.54) is 19.3 Å². The highest BCUT2D eigenvalue weighted by atomic mass is 16.2. The summed E-state index contributed by atoms with van der Waals surface area (Å²) in [4.78, 5) is 2.18. The molecule has 1 unspecified atom stereocenters. The molecule has 1 N–H and O–H groups in total. The SMILES string of the molecule is CCC1CCCN1B(C)O. The van der Waals surface area contributed by atoms with Gasteiger partial charge in [-0.15, -0.1) is 0 Å². The van der Waals surface area contributed by atoms with E-state index in [4.69, 9.17) is 0 Å². The predicted octanol–water partition coefficient (Wildman–Crippen LogP) is 0.971. The summed E-state index contributed by atoms with van der Waals surface area (Å²) in [5, 5.41) is 9.28. The van der Waals surface area contributed by atoms with Gasteiger partial charge in [0, 0.05) is 6.04 Å². The van der Waals surface area contributed by atoms with Crippen LogP contribution in [-0.2, 0) is 0 Å². The third kappa shape index (κ3) is 1.52. The van der Waals surface area contributed by atoms with Crippen LogP contribution in [0.4, 0.5) is 0 Å². The Morgan fingerprint density at radius 2 is 2.40 bits per heavy atom. The van der Waals surface area contributed by atoms with Crippen molar-refractivity contribution in [1.82, 2.24) is 4.81 Å². The van der Waals surface area contributed by atoms with Crippen LogP contribution < -0.4 is 0 Å². The Balaban J connectivity index is 2.42. The molecule has 0 saturated carbocycles. The first-order chi connectivity index (χ1) is 4.75. The summed E-state index contributed by atoms with van der Waals surface area (Å²) < 4.78 is 0. The Morgan fingerprint density at radius 3 is 2.80 bits per heavy atom. The third-order valence-corrected chi connectivity index (χ3v) is 2.37. The minimum Gasteiger partial charge on any atom is -0.437 e. The Bertz CT molecular complexity index is 108. The largest absolute Gasteiger partial charge is 0.437 e. The van der Waals surface area contributed by atoms with Crippen LogP contribution in [0.5, 0.6) is 0 Å². The quantitative estimate of drug-likeness (QED) is 0.579. The van der Waals surface area contributed by atoms with Crippen LogP contribution in [0, 0.1) is 0 Å². The van der Waals surface area contributed by atoms with Crippen molar-refractivity contribution in [2.24, 2.45) is 0 Å². The van der Waals surface area contributed by atoms with Crippen LogP contribution in [-0.4, -0.2) is 29.5 Å². The van der Waals surface area contributed by atoms with E-state index in [0.29, 0.717) is 6.04 Å². The average molecular weight is 141 g/mol. The topological polar surface area (TPSA) is 23.5 Å². The van der Waals surface area contributed by atoms with Crippen molar-refractivity contribution in [2.75, 3.05) is 6.54 Å². The lowest BCUT2D eigenvalue weighted by Crippen LogP contribution is -2.40. The Morgan fingerprint density at radius 1 is 1.70 bits per heavy atom. The van der Waals surface area contributed by atoms with Crippen molar-refractivity contribution in [1.29, 1.82) is 0 Å². The molecule has 0 aromatic heterocycles. The van der Waals surface area contributed by atoms with Crippen molar-refractivity contribution < 1.29 is 5.02 Å². The molecule has 0 radical (unpaired) electrons. The number of hydrogen-bond donors (Lipinski definition) is 1. The van der Waals surface area contributed by atoms with Crippen LogP contribution in [0.3, 0.4) is 0 Å². The molecule has 1 atom stereocenters. The molecule has 0 amide bonds. The molecule has 0 aromatic rings. The number of rotatable bonds is 2. The summed E-state index contributed by atoms with van der Waals surface area (Å²) in [5.41, 5.74) is 0. The number of nitrogens with zero attached hydrogens (tertiary/aromatic N) is 1. The van der Waals surface area contributed by atoms with Crippen LogP contribution in [0.25, 0.3) is 0 Å². The maximum absolute atomic E-state index is 9.28. The minimum absolute atomic E-state index is 0.243. The highest BCUT2D eigenvalue weighted by Gasteiger charge is 2.27. The van der Waals surface area contributed by atoms with Crippen molar-refractivity contribution in [3.63, 3.8) is 0 Å². The lowest BCUT2D eigenvalue weighted by molar-refractivity contribution is 0.338. The minimum atomic E-state index is -0.243. The molecule has 0 bridgehead atoms. The molecule has 1 rings (SSSR count). The standard InChI is InChI=1S/C7H16BNO/c1-3-7-5-4-6-9(7)8(2)10/h7,10H,3-6H2,1-2H3. The van der Waals surface area contributed by atoms with E-state index >= 15 is 0 Å². The summed E-state index contributed by atoms with van der Waals surface area (Å²) in [5.74, 6) is 0. The van der Waals surface area contributed by atoms with E-state index in [1.54, 1.807) is 0 Å². The van der Waals surface area contributed by atoms with E-state index < -0.39 is 0 Å². The molecule has 3 heteroatoms. The van der Waals surface area contributed by atoms with Crippen LogP contribution in [0.2, 0.25) is 6.82 Å². The van der Waals surface area contributed by atoms with E-state index in [0.717, 1.165) is 6.54 Å². The van der Waals surface area contributed by atoms with Gasteiger partial charge in [-0.25, -0.2) is 0 Å². The fraction of sp³-hybridized carbons (Fsp3) is 1.00. The molecule has 2 nitrogen and oxygen atoms in total. The van der Waals surface area contributed by atoms with Crippen molar-refractivity contribution in [3.8, 4) is 0 Å². The van der Waals surface area contributed by atoms with Crippen LogP contribution >= 0.6 is 0 Å². The van der Waals surface area contributed by atoms with Crippen LogP contribution in [0.1, 0.15) is 26.2 Å². The molecular formula is C7H16BNO. The smallest absolute Gasteiger partial charge is 0.376 e. The molecule has 10 heavy (non-hydrogen) atoms. The maximum atomic E-state index is 9.28. The van der Waals surface area contributed by atoms with Gasteiger partial charge in [0.25, 0.3) is 0 Å². The molecule has 1 aliphatic heterocycles. The van der Waals surface area contributed by atoms with E-state index in [9.17, 15) is 5.02 Å². The van der Waals surface area contributed by atoms with E-state index in [1.807, 2.05) is 6.82 Å². The molecule has 1 heterocycles. The molecular weight excluding hydrogens is 125 g/mol. The molecule has 1 saturated heterocycles. The molecule has 1 aliphatic rings. The fourth-order valence-corrected chi connectivity index (χ4v) is 1.79. The van der Waals surface area contributed by atoms with Crippen LogP contribution in [0.15, 0.2) is 0 Å². The summed E-state index contributed by atoms with van der Waals surface area (Å²) in [7, 11) is -0.243. The first-order valence-corrected chi connectivity index (χ1v) is 4.19. The maximum Gasteiger partial charge on any atom is 0.376 e. The fourth-order valence-electron chi connectivity index (χ4n) is 1.79. The number of hydrogen-bond acceptors (Lipinski definition) is 2. The molecule has 58 valence electrons. The van der Waals surface area contributed by atoms with Gasteiger partial charge in [-0.05, 0) is 32.6 Å². The Labute approximate surface area is 63.4 Å². The van der Waals surface area contributed by atoms with E-state index in [-0.39, 0.29) is 7.05 Å². The van der Waals surface area contributed by atoms with Gasteiger partial charge >= 0.3 is 7.05 Å². The molecule has 0 spiro atoms. The van der Waals surface area contributed by atoms with Gasteiger partial charge in [0.05, 0.1) is 0 Å². The van der Waals surface area contributed by atoms with Gasteiger partial charge in [-0.2, -0.15) is 0 Å². The summed E-state index contributed by atoms with van der Waals surface area (Å²) in [6, 6.07) is 0.639. The summed E-state index contributed by atoms with van der Waals surface area (Å²) in [6.07, 6.45) is 3.69. The Hall–Kier alpha value is -0.0151. The second-order valence-electron chi connectivity index (χ2n) is 3.07. The molecule has 0 aliphatic carbocycles. The zero-order valence-corrected chi connectivity index (χ0v) is 6.88. The predicted molar refractivity (Wildman–Crippen MR) is 43.9 cm³/mol. The van der Waals surface area contributed by atoms with Gasteiger partial charge < -0.3 is 9.83 Å². The van der Waals surface area contributed by atoms with Gasteiger partial charge in [0.1, 0.15) is 0 Å². The zero-order valence-electron chi connectivity index (χ0n) is 6.88. The third-order valence-electron chi connectivity index (χ3n) is 2.37. The highest BCUT2D eigenvalue weighted by Crippen LogP contribution is 2.19. The summed E-state index contributed by atoms with van der Waals surface area (Å²) >= 11 is 0.